The number of halogens is 2. The number of benzene rings is 1. The molecule has 2 rings (SSSR count). The third kappa shape index (κ3) is 4.58. The minimum absolute atomic E-state index is 0.138. The van der Waals surface area contributed by atoms with Gasteiger partial charge in [-0.05, 0) is 56.2 Å². The van der Waals surface area contributed by atoms with Crippen LogP contribution in [0.5, 0.6) is 0 Å². The first-order valence-corrected chi connectivity index (χ1v) is 8.00. The Morgan fingerprint density at radius 2 is 2.09 bits per heavy atom. The second-order valence-corrected chi connectivity index (χ2v) is 6.31. The number of carbonyl (C=O) groups excluding carboxylic acids is 1. The molecule has 1 aromatic carbocycles. The summed E-state index contributed by atoms with van der Waals surface area (Å²) in [4.78, 5) is 12.0. The van der Waals surface area contributed by atoms with Crippen LogP contribution in [0.25, 0.3) is 0 Å². The van der Waals surface area contributed by atoms with Crippen molar-refractivity contribution in [1.29, 1.82) is 0 Å². The molecule has 3 N–H and O–H groups in total. The first kappa shape index (κ1) is 17.0. The number of carbonyl (C=O) groups is 1. The number of hydrogen-bond acceptors (Lipinski definition) is 2. The van der Waals surface area contributed by atoms with E-state index in [2.05, 4.69) is 10.6 Å². The van der Waals surface area contributed by atoms with Crippen LogP contribution in [0.1, 0.15) is 44.2 Å². The Kier molecular flexibility index (Phi) is 6.03. The molecule has 2 amide bonds. The standard InChI is InChI=1S/C16H22ClFN2O2/c1-10(14-7-4-12(18)8-15(14)17)19-16(22)20-13-5-2-11(9-21)3-6-13/h4,7-8,10-11,13,21H,2-3,5-6,9H2,1H3,(H2,19,20,22). The molecule has 0 radical (unpaired) electrons. The number of urea groups is 1. The molecule has 0 aromatic heterocycles. The van der Waals surface area contributed by atoms with Crippen molar-refractivity contribution >= 4 is 17.6 Å². The highest BCUT2D eigenvalue weighted by atomic mass is 35.5. The molecule has 0 bridgehead atoms. The second kappa shape index (κ2) is 7.79. The zero-order chi connectivity index (χ0) is 16.1. The maximum Gasteiger partial charge on any atom is 0.315 e. The molecule has 1 fully saturated rings. The van der Waals surface area contributed by atoms with Gasteiger partial charge < -0.3 is 15.7 Å². The molecule has 0 saturated heterocycles. The summed E-state index contributed by atoms with van der Waals surface area (Å²) in [6.07, 6.45) is 3.62. The molecule has 1 aliphatic rings. The minimum atomic E-state index is -0.397. The van der Waals surface area contributed by atoms with Crippen molar-refractivity contribution < 1.29 is 14.3 Å². The molecule has 0 spiro atoms. The van der Waals surface area contributed by atoms with Gasteiger partial charge in [-0.25, -0.2) is 9.18 Å². The highest BCUT2D eigenvalue weighted by molar-refractivity contribution is 6.31. The van der Waals surface area contributed by atoms with Crippen LogP contribution < -0.4 is 10.6 Å². The van der Waals surface area contributed by atoms with E-state index in [9.17, 15) is 9.18 Å². The number of aliphatic hydroxyl groups excluding tert-OH is 1. The van der Waals surface area contributed by atoms with E-state index in [0.717, 1.165) is 25.7 Å². The maximum absolute atomic E-state index is 13.0. The van der Waals surface area contributed by atoms with Crippen LogP contribution in [0.2, 0.25) is 5.02 Å². The van der Waals surface area contributed by atoms with Crippen LogP contribution in [0.3, 0.4) is 0 Å². The second-order valence-electron chi connectivity index (χ2n) is 5.91. The van der Waals surface area contributed by atoms with Gasteiger partial charge in [0.15, 0.2) is 0 Å². The summed E-state index contributed by atoms with van der Waals surface area (Å²) in [5.41, 5.74) is 0.683. The third-order valence-electron chi connectivity index (χ3n) is 4.22. The van der Waals surface area contributed by atoms with Gasteiger partial charge in [0, 0.05) is 17.7 Å². The van der Waals surface area contributed by atoms with Gasteiger partial charge in [0.05, 0.1) is 6.04 Å². The smallest absolute Gasteiger partial charge is 0.315 e. The van der Waals surface area contributed by atoms with Crippen molar-refractivity contribution in [2.45, 2.75) is 44.7 Å². The summed E-state index contributed by atoms with van der Waals surface area (Å²) < 4.78 is 13.0. The Bertz CT molecular complexity index is 519. The van der Waals surface area contributed by atoms with Crippen molar-refractivity contribution in [1.82, 2.24) is 10.6 Å². The molecule has 1 aromatic rings. The molecule has 4 nitrogen and oxygen atoms in total. The minimum Gasteiger partial charge on any atom is -0.396 e. The Labute approximate surface area is 135 Å². The van der Waals surface area contributed by atoms with Crippen molar-refractivity contribution in [3.8, 4) is 0 Å². The third-order valence-corrected chi connectivity index (χ3v) is 4.54. The van der Waals surface area contributed by atoms with Gasteiger partial charge in [-0.3, -0.25) is 0 Å². The van der Waals surface area contributed by atoms with E-state index in [1.165, 1.54) is 12.1 Å². The highest BCUT2D eigenvalue weighted by Crippen LogP contribution is 2.25. The van der Waals surface area contributed by atoms with Crippen LogP contribution in [0.15, 0.2) is 18.2 Å². The van der Waals surface area contributed by atoms with Crippen LogP contribution in [-0.4, -0.2) is 23.8 Å². The van der Waals surface area contributed by atoms with E-state index in [-0.39, 0.29) is 24.7 Å². The van der Waals surface area contributed by atoms with E-state index in [1.54, 1.807) is 13.0 Å². The van der Waals surface area contributed by atoms with Gasteiger partial charge >= 0.3 is 6.03 Å². The normalized spacial score (nSPS) is 22.9. The molecule has 22 heavy (non-hydrogen) atoms. The fourth-order valence-electron chi connectivity index (χ4n) is 2.84. The fourth-order valence-corrected chi connectivity index (χ4v) is 3.17. The van der Waals surface area contributed by atoms with Gasteiger partial charge in [-0.2, -0.15) is 0 Å². The summed E-state index contributed by atoms with van der Waals surface area (Å²) in [6, 6.07) is 3.73. The zero-order valence-corrected chi connectivity index (χ0v) is 13.4. The Balaban J connectivity index is 1.84. The number of hydrogen-bond donors (Lipinski definition) is 3. The lowest BCUT2D eigenvalue weighted by Crippen LogP contribution is -2.44. The van der Waals surface area contributed by atoms with Gasteiger partial charge in [0.2, 0.25) is 0 Å². The molecular formula is C16H22ClFN2O2. The Morgan fingerprint density at radius 1 is 1.41 bits per heavy atom. The molecule has 0 heterocycles. The molecule has 1 aliphatic carbocycles. The maximum atomic E-state index is 13.0. The fraction of sp³-hybridized carbons (Fsp3) is 0.562. The highest BCUT2D eigenvalue weighted by Gasteiger charge is 2.22. The van der Waals surface area contributed by atoms with Gasteiger partial charge in [0.1, 0.15) is 5.82 Å². The lowest BCUT2D eigenvalue weighted by atomic mass is 9.87. The summed E-state index contributed by atoms with van der Waals surface area (Å²) in [5.74, 6) is -0.0379. The van der Waals surface area contributed by atoms with E-state index in [1.807, 2.05) is 0 Å². The van der Waals surface area contributed by atoms with E-state index in [0.29, 0.717) is 16.5 Å². The lowest BCUT2D eigenvalue weighted by Gasteiger charge is -2.28. The van der Waals surface area contributed by atoms with Crippen LogP contribution in [0.4, 0.5) is 9.18 Å². The largest absolute Gasteiger partial charge is 0.396 e. The average Bonchev–Trinajstić information content (AvgIpc) is 2.47. The number of nitrogens with one attached hydrogen (secondary N) is 2. The van der Waals surface area contributed by atoms with Crippen LogP contribution in [0, 0.1) is 11.7 Å². The van der Waals surface area contributed by atoms with Crippen molar-refractivity contribution in [3.63, 3.8) is 0 Å². The topological polar surface area (TPSA) is 61.4 Å². The molecule has 6 heteroatoms. The Morgan fingerprint density at radius 3 is 2.68 bits per heavy atom. The predicted octanol–water partition coefficient (Wildman–Crippen LogP) is 3.39. The SMILES string of the molecule is CC(NC(=O)NC1CCC(CO)CC1)c1ccc(F)cc1Cl. The summed E-state index contributed by atoms with van der Waals surface area (Å²) in [6.45, 7) is 2.03. The predicted molar refractivity (Wildman–Crippen MR) is 84.3 cm³/mol. The van der Waals surface area contributed by atoms with Gasteiger partial charge in [-0.1, -0.05) is 17.7 Å². The average molecular weight is 329 g/mol. The molecule has 1 atom stereocenters. The summed E-state index contributed by atoms with van der Waals surface area (Å²) >= 11 is 6.00. The quantitative estimate of drug-likeness (QED) is 0.793. The molecule has 122 valence electrons. The van der Waals surface area contributed by atoms with Crippen molar-refractivity contribution in [2.24, 2.45) is 5.92 Å². The van der Waals surface area contributed by atoms with Gasteiger partial charge in [0.25, 0.3) is 0 Å². The zero-order valence-electron chi connectivity index (χ0n) is 12.6. The van der Waals surface area contributed by atoms with E-state index < -0.39 is 5.82 Å². The molecule has 1 saturated carbocycles. The van der Waals surface area contributed by atoms with Crippen LogP contribution in [-0.2, 0) is 0 Å². The number of amides is 2. The number of rotatable bonds is 4. The van der Waals surface area contributed by atoms with Crippen molar-refractivity contribution in [3.05, 3.63) is 34.6 Å². The van der Waals surface area contributed by atoms with Gasteiger partial charge in [-0.15, -0.1) is 0 Å². The van der Waals surface area contributed by atoms with E-state index >= 15 is 0 Å². The monoisotopic (exact) mass is 328 g/mol. The molecule has 0 aliphatic heterocycles. The summed E-state index contributed by atoms with van der Waals surface area (Å²) in [5, 5.41) is 15.2. The number of aliphatic hydroxyl groups is 1. The molecular weight excluding hydrogens is 307 g/mol. The Hall–Kier alpha value is -1.33. The summed E-state index contributed by atoms with van der Waals surface area (Å²) in [7, 11) is 0. The van der Waals surface area contributed by atoms with Crippen molar-refractivity contribution in [2.75, 3.05) is 6.61 Å². The molecule has 1 unspecified atom stereocenters. The first-order chi connectivity index (χ1) is 10.5. The lowest BCUT2D eigenvalue weighted by molar-refractivity contribution is 0.174. The first-order valence-electron chi connectivity index (χ1n) is 7.62. The van der Waals surface area contributed by atoms with Crippen LogP contribution >= 0.6 is 11.6 Å². The van der Waals surface area contributed by atoms with E-state index in [4.69, 9.17) is 16.7 Å².